The summed E-state index contributed by atoms with van der Waals surface area (Å²) in [5.41, 5.74) is 3.12. The molecular formula is C12H14N4O4. The number of nitro groups is 2. The molecule has 0 spiro atoms. The van der Waals surface area contributed by atoms with Gasteiger partial charge < -0.3 is 0 Å². The predicted octanol–water partition coefficient (Wildman–Crippen LogP) is 3.09. The van der Waals surface area contributed by atoms with Crippen molar-refractivity contribution >= 4 is 22.8 Å². The van der Waals surface area contributed by atoms with Crippen LogP contribution in [0.4, 0.5) is 17.1 Å². The topological polar surface area (TPSA) is 111 Å². The maximum Gasteiger partial charge on any atom is 0.301 e. The molecule has 0 saturated heterocycles. The van der Waals surface area contributed by atoms with E-state index in [4.69, 9.17) is 0 Å². The molecule has 1 saturated carbocycles. The molecule has 0 radical (unpaired) electrons. The Morgan fingerprint density at radius 2 is 2.05 bits per heavy atom. The lowest BCUT2D eigenvalue weighted by molar-refractivity contribution is -0.393. The van der Waals surface area contributed by atoms with Gasteiger partial charge in [0.15, 0.2) is 0 Å². The van der Waals surface area contributed by atoms with Crippen molar-refractivity contribution < 1.29 is 9.85 Å². The van der Waals surface area contributed by atoms with Crippen molar-refractivity contribution in [2.75, 3.05) is 5.43 Å². The van der Waals surface area contributed by atoms with Gasteiger partial charge in [0.2, 0.25) is 0 Å². The van der Waals surface area contributed by atoms with E-state index in [0.29, 0.717) is 5.92 Å². The number of nitro benzene ring substituents is 2. The predicted molar refractivity (Wildman–Crippen MR) is 73.8 cm³/mol. The minimum atomic E-state index is -0.665. The summed E-state index contributed by atoms with van der Waals surface area (Å²) in [5, 5.41) is 25.8. The zero-order chi connectivity index (χ0) is 14.7. The summed E-state index contributed by atoms with van der Waals surface area (Å²) in [6, 6.07) is 3.45. The Hall–Kier alpha value is -2.51. The average molecular weight is 278 g/mol. The van der Waals surface area contributed by atoms with E-state index >= 15 is 0 Å². The van der Waals surface area contributed by atoms with E-state index in [1.807, 2.05) is 0 Å². The highest BCUT2D eigenvalue weighted by molar-refractivity contribution is 5.89. The molecule has 0 aliphatic heterocycles. The first kappa shape index (κ1) is 13.9. The number of hydrogen-bond acceptors (Lipinski definition) is 6. The van der Waals surface area contributed by atoms with Crippen molar-refractivity contribution in [1.82, 2.24) is 0 Å². The van der Waals surface area contributed by atoms with Crippen LogP contribution in [0, 0.1) is 26.1 Å². The molecule has 1 aliphatic rings. The zero-order valence-electron chi connectivity index (χ0n) is 10.9. The van der Waals surface area contributed by atoms with Crippen molar-refractivity contribution in [2.45, 2.75) is 26.2 Å². The first-order valence-corrected chi connectivity index (χ1v) is 6.24. The van der Waals surface area contributed by atoms with E-state index in [2.05, 4.69) is 17.5 Å². The maximum atomic E-state index is 11.0. The van der Waals surface area contributed by atoms with Crippen LogP contribution in [-0.4, -0.2) is 15.6 Å². The summed E-state index contributed by atoms with van der Waals surface area (Å²) in [6.45, 7) is 2.05. The van der Waals surface area contributed by atoms with Crippen LogP contribution in [0.3, 0.4) is 0 Å². The molecule has 1 aliphatic carbocycles. The fourth-order valence-corrected chi connectivity index (χ4v) is 2.18. The summed E-state index contributed by atoms with van der Waals surface area (Å²) in [5.74, 6) is 0.361. The smallest absolute Gasteiger partial charge is 0.272 e. The van der Waals surface area contributed by atoms with Crippen molar-refractivity contribution in [3.05, 3.63) is 38.4 Å². The first-order valence-electron chi connectivity index (χ1n) is 6.24. The molecule has 0 heterocycles. The Balaban J connectivity index is 2.27. The lowest BCUT2D eigenvalue weighted by Crippen LogP contribution is -2.06. The molecule has 1 N–H and O–H groups in total. The van der Waals surface area contributed by atoms with Crippen molar-refractivity contribution in [2.24, 2.45) is 11.0 Å². The lowest BCUT2D eigenvalue weighted by Gasteiger charge is -2.06. The van der Waals surface area contributed by atoms with Crippen LogP contribution < -0.4 is 5.43 Å². The van der Waals surface area contributed by atoms with Gasteiger partial charge in [-0.05, 0) is 31.2 Å². The summed E-state index contributed by atoms with van der Waals surface area (Å²) in [6.07, 6.45) is 2.99. The van der Waals surface area contributed by atoms with Crippen LogP contribution in [0.15, 0.2) is 23.3 Å². The molecule has 1 fully saturated rings. The standard InChI is InChI=1S/C12H14N4O4/c1-8-3-2-4-10(8)13-14-11-6-5-9(15(17)18)7-12(11)16(19)20/h5-8,14H,2-4H2,1H3/b13-10-. The molecule has 1 unspecified atom stereocenters. The molecule has 1 atom stereocenters. The molecule has 0 amide bonds. The summed E-state index contributed by atoms with van der Waals surface area (Å²) in [7, 11) is 0. The van der Waals surface area contributed by atoms with E-state index in [-0.39, 0.29) is 17.1 Å². The number of hydrogen-bond donors (Lipinski definition) is 1. The summed E-state index contributed by atoms with van der Waals surface area (Å²) < 4.78 is 0. The highest BCUT2D eigenvalue weighted by atomic mass is 16.6. The molecule has 106 valence electrons. The molecule has 8 heteroatoms. The monoisotopic (exact) mass is 278 g/mol. The molecule has 1 aromatic rings. The van der Waals surface area contributed by atoms with Crippen LogP contribution in [-0.2, 0) is 0 Å². The fourth-order valence-electron chi connectivity index (χ4n) is 2.18. The quantitative estimate of drug-likeness (QED) is 0.672. The minimum Gasteiger partial charge on any atom is -0.272 e. The zero-order valence-corrected chi connectivity index (χ0v) is 10.9. The van der Waals surface area contributed by atoms with Gasteiger partial charge in [-0.25, -0.2) is 0 Å². The van der Waals surface area contributed by atoms with Crippen molar-refractivity contribution in [3.63, 3.8) is 0 Å². The Morgan fingerprint density at radius 1 is 1.30 bits per heavy atom. The number of anilines is 1. The van der Waals surface area contributed by atoms with Gasteiger partial charge in [0, 0.05) is 11.8 Å². The first-order chi connectivity index (χ1) is 9.49. The van der Waals surface area contributed by atoms with Crippen LogP contribution in [0.25, 0.3) is 0 Å². The number of nitrogens with one attached hydrogen (secondary N) is 1. The van der Waals surface area contributed by atoms with Crippen LogP contribution in [0.5, 0.6) is 0 Å². The Bertz CT molecular complexity index is 585. The third-order valence-corrected chi connectivity index (χ3v) is 3.35. The summed E-state index contributed by atoms with van der Waals surface area (Å²) >= 11 is 0. The third-order valence-electron chi connectivity index (χ3n) is 3.35. The van der Waals surface area contributed by atoms with Crippen molar-refractivity contribution in [1.29, 1.82) is 0 Å². The van der Waals surface area contributed by atoms with Gasteiger partial charge in [-0.3, -0.25) is 25.7 Å². The second-order valence-corrected chi connectivity index (χ2v) is 4.72. The SMILES string of the molecule is CC1CCC/C1=N/Nc1ccc([N+](=O)[O-])cc1[N+](=O)[O-]. The fraction of sp³-hybridized carbons (Fsp3) is 0.417. The Kier molecular flexibility index (Phi) is 3.92. The highest BCUT2D eigenvalue weighted by Crippen LogP contribution is 2.29. The van der Waals surface area contributed by atoms with Gasteiger partial charge in [0.25, 0.3) is 5.69 Å². The Morgan fingerprint density at radius 3 is 2.60 bits per heavy atom. The van der Waals surface area contributed by atoms with Crippen LogP contribution in [0.2, 0.25) is 0 Å². The van der Waals surface area contributed by atoms with Gasteiger partial charge in [-0.15, -0.1) is 0 Å². The molecule has 2 rings (SSSR count). The number of rotatable bonds is 4. The van der Waals surface area contributed by atoms with E-state index < -0.39 is 9.85 Å². The molecule has 8 nitrogen and oxygen atoms in total. The van der Waals surface area contributed by atoms with Gasteiger partial charge in [-0.1, -0.05) is 6.92 Å². The number of nitrogens with zero attached hydrogens (tertiary/aromatic N) is 3. The van der Waals surface area contributed by atoms with Crippen molar-refractivity contribution in [3.8, 4) is 0 Å². The van der Waals surface area contributed by atoms with E-state index in [1.54, 1.807) is 0 Å². The number of hydrazone groups is 1. The molecule has 20 heavy (non-hydrogen) atoms. The van der Waals surface area contributed by atoms with Gasteiger partial charge in [0.05, 0.1) is 15.9 Å². The Labute approximate surface area is 114 Å². The minimum absolute atomic E-state index is 0.159. The largest absolute Gasteiger partial charge is 0.301 e. The van der Waals surface area contributed by atoms with E-state index in [9.17, 15) is 20.2 Å². The van der Waals surface area contributed by atoms with Gasteiger partial charge in [0.1, 0.15) is 5.69 Å². The lowest BCUT2D eigenvalue weighted by atomic mass is 10.1. The summed E-state index contributed by atoms with van der Waals surface area (Å²) in [4.78, 5) is 20.3. The van der Waals surface area contributed by atoms with E-state index in [0.717, 1.165) is 31.0 Å². The second-order valence-electron chi connectivity index (χ2n) is 4.72. The second kappa shape index (κ2) is 5.64. The van der Waals surface area contributed by atoms with Gasteiger partial charge >= 0.3 is 5.69 Å². The van der Waals surface area contributed by atoms with Crippen LogP contribution in [0.1, 0.15) is 26.2 Å². The highest BCUT2D eigenvalue weighted by Gasteiger charge is 2.21. The molecule has 0 aromatic heterocycles. The maximum absolute atomic E-state index is 11.0. The molecular weight excluding hydrogens is 264 g/mol. The normalized spacial score (nSPS) is 20.1. The average Bonchev–Trinajstić information content (AvgIpc) is 2.81. The number of benzene rings is 1. The van der Waals surface area contributed by atoms with Gasteiger partial charge in [-0.2, -0.15) is 5.10 Å². The molecule has 1 aromatic carbocycles. The van der Waals surface area contributed by atoms with E-state index in [1.165, 1.54) is 12.1 Å². The van der Waals surface area contributed by atoms with Crippen LogP contribution >= 0.6 is 0 Å². The third kappa shape index (κ3) is 2.90. The number of non-ortho nitro benzene ring substituents is 1. The molecule has 0 bridgehead atoms.